The maximum atomic E-state index is 11.9. The van der Waals surface area contributed by atoms with Crippen LogP contribution < -0.4 is 10.6 Å². The number of carbonyl (C=O) groups excluding carboxylic acids is 4. The average Bonchev–Trinajstić information content (AvgIpc) is 2.28. The zero-order valence-corrected chi connectivity index (χ0v) is 9.51. The Balaban J connectivity index is 1.91. The van der Waals surface area contributed by atoms with Crippen molar-refractivity contribution < 1.29 is 19.2 Å². The van der Waals surface area contributed by atoms with Gasteiger partial charge in [-0.1, -0.05) is 0 Å². The van der Waals surface area contributed by atoms with E-state index in [1.807, 2.05) is 0 Å². The van der Waals surface area contributed by atoms with Gasteiger partial charge < -0.3 is 0 Å². The molecule has 0 saturated carbocycles. The average molecular weight is 252 g/mol. The van der Waals surface area contributed by atoms with Crippen LogP contribution in [0.3, 0.4) is 0 Å². The van der Waals surface area contributed by atoms with Crippen LogP contribution in [-0.2, 0) is 19.2 Å². The second-order valence-corrected chi connectivity index (χ2v) is 4.66. The van der Waals surface area contributed by atoms with Crippen molar-refractivity contribution in [3.63, 3.8) is 0 Å². The number of nitrogens with zero attached hydrogens (tertiary/aromatic N) is 2. The summed E-state index contributed by atoms with van der Waals surface area (Å²) in [5.41, 5.74) is 0. The van der Waals surface area contributed by atoms with E-state index < -0.39 is 23.9 Å². The van der Waals surface area contributed by atoms with Gasteiger partial charge in [0.25, 0.3) is 0 Å². The van der Waals surface area contributed by atoms with Gasteiger partial charge in [-0.3, -0.25) is 39.6 Å². The van der Waals surface area contributed by atoms with Crippen molar-refractivity contribution in [2.24, 2.45) is 0 Å². The van der Waals surface area contributed by atoms with Crippen LogP contribution in [0.4, 0.5) is 0 Å². The number of carbonyl (C=O) groups is 4. The first-order valence-electron chi connectivity index (χ1n) is 5.72. The van der Waals surface area contributed by atoms with Crippen LogP contribution in [0.5, 0.6) is 0 Å². The molecule has 4 amide bonds. The number of hydrogen-bond acceptors (Lipinski definition) is 6. The van der Waals surface area contributed by atoms with Crippen LogP contribution in [0.2, 0.25) is 0 Å². The molecule has 2 N–H and O–H groups in total. The van der Waals surface area contributed by atoms with Gasteiger partial charge in [0, 0.05) is 13.1 Å². The number of piperazine rings is 3. The topological polar surface area (TPSA) is 98.8 Å². The number of nitrogens with one attached hydrogen (secondary N) is 2. The molecule has 96 valence electrons. The largest absolute Gasteiger partial charge is 0.294 e. The molecule has 3 aliphatic heterocycles. The summed E-state index contributed by atoms with van der Waals surface area (Å²) in [6, 6.07) is -1.38. The molecular formula is C10H12N4O4. The van der Waals surface area contributed by atoms with Crippen molar-refractivity contribution in [1.82, 2.24) is 20.4 Å². The first-order chi connectivity index (χ1) is 8.56. The lowest BCUT2D eigenvalue weighted by atomic mass is 9.96. The Hall–Kier alpha value is -1.80. The lowest BCUT2D eigenvalue weighted by Gasteiger charge is -2.48. The molecular weight excluding hydrogens is 240 g/mol. The molecule has 18 heavy (non-hydrogen) atoms. The normalized spacial score (nSPS) is 33.6. The zero-order valence-electron chi connectivity index (χ0n) is 9.51. The summed E-state index contributed by atoms with van der Waals surface area (Å²) in [7, 11) is 0. The van der Waals surface area contributed by atoms with Crippen LogP contribution in [-0.4, -0.2) is 71.7 Å². The van der Waals surface area contributed by atoms with E-state index in [1.165, 1.54) is 0 Å². The fourth-order valence-corrected chi connectivity index (χ4v) is 2.78. The van der Waals surface area contributed by atoms with Gasteiger partial charge in [0.1, 0.15) is 12.1 Å². The highest BCUT2D eigenvalue weighted by Gasteiger charge is 2.50. The third-order valence-electron chi connectivity index (χ3n) is 3.52. The predicted molar refractivity (Wildman–Crippen MR) is 57.0 cm³/mol. The summed E-state index contributed by atoms with van der Waals surface area (Å²) in [5.74, 6) is -1.63. The number of fused-ring (bicyclic) bond motifs is 3. The number of hydrogen-bond donors (Lipinski definition) is 2. The van der Waals surface area contributed by atoms with E-state index in [0.29, 0.717) is 13.1 Å². The Morgan fingerprint density at radius 1 is 0.778 bits per heavy atom. The Kier molecular flexibility index (Phi) is 2.42. The SMILES string of the molecule is O=C1CN2CCN3CC(=O)NC(=O)[C@H]3[C@@H]2C(=O)N1. The standard InChI is InChI=1S/C10H12N4O4/c15-5-3-13-1-2-14-4-6(16)12-10(18)8(14)7(13)9(17)11-5/h7-8H,1-4H2,(H,11,15,17)(H,12,16,18)/t7-,8-/m1/s1. The van der Waals surface area contributed by atoms with Crippen molar-refractivity contribution in [3.8, 4) is 0 Å². The van der Waals surface area contributed by atoms with Crippen LogP contribution >= 0.6 is 0 Å². The molecule has 8 nitrogen and oxygen atoms in total. The quantitative estimate of drug-likeness (QED) is 0.437. The van der Waals surface area contributed by atoms with E-state index in [-0.39, 0.29) is 24.9 Å². The summed E-state index contributed by atoms with van der Waals surface area (Å²) in [4.78, 5) is 49.7. The van der Waals surface area contributed by atoms with Gasteiger partial charge in [0.2, 0.25) is 23.6 Å². The van der Waals surface area contributed by atoms with Crippen molar-refractivity contribution in [3.05, 3.63) is 0 Å². The maximum absolute atomic E-state index is 11.9. The van der Waals surface area contributed by atoms with E-state index in [4.69, 9.17) is 0 Å². The minimum absolute atomic E-state index is 0.113. The monoisotopic (exact) mass is 252 g/mol. The summed E-state index contributed by atoms with van der Waals surface area (Å²) < 4.78 is 0. The van der Waals surface area contributed by atoms with Crippen LogP contribution in [0.25, 0.3) is 0 Å². The van der Waals surface area contributed by atoms with Crippen molar-refractivity contribution in [1.29, 1.82) is 0 Å². The van der Waals surface area contributed by atoms with Gasteiger partial charge in [0.05, 0.1) is 13.1 Å². The number of amides is 4. The van der Waals surface area contributed by atoms with Gasteiger partial charge in [-0.2, -0.15) is 0 Å². The second kappa shape index (κ2) is 3.85. The highest BCUT2D eigenvalue weighted by molar-refractivity contribution is 6.07. The van der Waals surface area contributed by atoms with Crippen LogP contribution in [0.15, 0.2) is 0 Å². The molecule has 2 atom stereocenters. The predicted octanol–water partition coefficient (Wildman–Crippen LogP) is -3.35. The maximum Gasteiger partial charge on any atom is 0.246 e. The molecule has 3 aliphatic rings. The Labute approximate surface area is 102 Å². The highest BCUT2D eigenvalue weighted by Crippen LogP contribution is 2.21. The van der Waals surface area contributed by atoms with Gasteiger partial charge in [-0.25, -0.2) is 0 Å². The van der Waals surface area contributed by atoms with Gasteiger partial charge >= 0.3 is 0 Å². The molecule has 0 spiro atoms. The molecule has 0 aromatic heterocycles. The van der Waals surface area contributed by atoms with Crippen LogP contribution in [0.1, 0.15) is 0 Å². The number of rotatable bonds is 0. The van der Waals surface area contributed by atoms with E-state index in [1.54, 1.807) is 9.80 Å². The summed E-state index contributed by atoms with van der Waals surface area (Å²) >= 11 is 0. The molecule has 3 heterocycles. The fraction of sp³-hybridized carbons (Fsp3) is 0.600. The zero-order chi connectivity index (χ0) is 12.9. The lowest BCUT2D eigenvalue weighted by molar-refractivity contribution is -0.157. The molecule has 0 aliphatic carbocycles. The van der Waals surface area contributed by atoms with Crippen LogP contribution in [0, 0.1) is 0 Å². The lowest BCUT2D eigenvalue weighted by Crippen LogP contribution is -2.75. The molecule has 0 bridgehead atoms. The Morgan fingerprint density at radius 3 is 1.56 bits per heavy atom. The molecule has 3 fully saturated rings. The minimum atomic E-state index is -0.690. The summed E-state index contributed by atoms with van der Waals surface area (Å²) in [6.07, 6.45) is 0. The van der Waals surface area contributed by atoms with Gasteiger partial charge in [-0.05, 0) is 0 Å². The third kappa shape index (κ3) is 1.61. The first-order valence-corrected chi connectivity index (χ1v) is 5.72. The van der Waals surface area contributed by atoms with Gasteiger partial charge in [0.15, 0.2) is 0 Å². The number of imide groups is 2. The van der Waals surface area contributed by atoms with E-state index in [9.17, 15) is 19.2 Å². The minimum Gasteiger partial charge on any atom is -0.294 e. The molecule has 0 aromatic carbocycles. The van der Waals surface area contributed by atoms with Crippen molar-refractivity contribution in [2.45, 2.75) is 12.1 Å². The third-order valence-corrected chi connectivity index (χ3v) is 3.52. The van der Waals surface area contributed by atoms with Gasteiger partial charge in [-0.15, -0.1) is 0 Å². The van der Waals surface area contributed by atoms with E-state index in [0.717, 1.165) is 0 Å². The van der Waals surface area contributed by atoms with E-state index >= 15 is 0 Å². The molecule has 0 aromatic rings. The molecule has 8 heteroatoms. The molecule has 0 radical (unpaired) electrons. The summed E-state index contributed by atoms with van der Waals surface area (Å²) in [5, 5.41) is 4.46. The smallest absolute Gasteiger partial charge is 0.246 e. The Morgan fingerprint density at radius 2 is 1.17 bits per heavy atom. The summed E-state index contributed by atoms with van der Waals surface area (Å²) in [6.45, 7) is 1.23. The van der Waals surface area contributed by atoms with Crippen molar-refractivity contribution >= 4 is 23.6 Å². The van der Waals surface area contributed by atoms with Crippen molar-refractivity contribution in [2.75, 3.05) is 26.2 Å². The highest BCUT2D eigenvalue weighted by atomic mass is 16.2. The first kappa shape index (κ1) is 11.3. The van der Waals surface area contributed by atoms with E-state index in [2.05, 4.69) is 10.6 Å². The molecule has 0 unspecified atom stereocenters. The Bertz CT molecular complexity index is 421. The second-order valence-electron chi connectivity index (χ2n) is 4.66. The molecule has 3 rings (SSSR count). The molecule has 3 saturated heterocycles. The fourth-order valence-electron chi connectivity index (χ4n) is 2.78.